The molecule has 3 rings (SSSR count). The summed E-state index contributed by atoms with van der Waals surface area (Å²) in [6.07, 6.45) is 5.90. The van der Waals surface area contributed by atoms with Gasteiger partial charge in [0.1, 0.15) is 11.4 Å². The third-order valence-corrected chi connectivity index (χ3v) is 4.64. The van der Waals surface area contributed by atoms with Crippen LogP contribution in [0.5, 0.6) is 5.75 Å². The van der Waals surface area contributed by atoms with E-state index in [4.69, 9.17) is 4.74 Å². The van der Waals surface area contributed by atoms with E-state index in [0.717, 1.165) is 29.8 Å². The lowest BCUT2D eigenvalue weighted by molar-refractivity contribution is 0.0690. The summed E-state index contributed by atoms with van der Waals surface area (Å²) in [5.74, 6) is 0.821. The van der Waals surface area contributed by atoms with Crippen LogP contribution in [0.25, 0.3) is 11.3 Å². The molecule has 2 aromatic rings. The lowest BCUT2D eigenvalue weighted by atomic mass is 9.94. The third-order valence-electron chi connectivity index (χ3n) is 4.64. The van der Waals surface area contributed by atoms with E-state index in [1.165, 1.54) is 19.3 Å². The van der Waals surface area contributed by atoms with Crippen molar-refractivity contribution in [3.63, 3.8) is 0 Å². The average molecular weight is 313 g/mol. The van der Waals surface area contributed by atoms with E-state index in [-0.39, 0.29) is 5.91 Å². The fourth-order valence-electron chi connectivity index (χ4n) is 3.17. The first kappa shape index (κ1) is 15.6. The predicted molar refractivity (Wildman–Crippen MR) is 89.5 cm³/mol. The van der Waals surface area contributed by atoms with Crippen LogP contribution in [0.1, 0.15) is 42.6 Å². The second-order valence-electron chi connectivity index (χ2n) is 6.10. The normalized spacial score (nSPS) is 15.4. The van der Waals surface area contributed by atoms with Gasteiger partial charge >= 0.3 is 0 Å². The number of methoxy groups -OCH3 is 1. The lowest BCUT2D eigenvalue weighted by Gasteiger charge is -2.30. The number of carbonyl (C=O) groups is 1. The molecule has 0 atom stereocenters. The van der Waals surface area contributed by atoms with Crippen molar-refractivity contribution >= 4 is 5.91 Å². The molecule has 0 bridgehead atoms. The Morgan fingerprint density at radius 3 is 2.57 bits per heavy atom. The summed E-state index contributed by atoms with van der Waals surface area (Å²) in [7, 11) is 3.54. The third kappa shape index (κ3) is 3.38. The highest BCUT2D eigenvalue weighted by molar-refractivity contribution is 5.93. The van der Waals surface area contributed by atoms with Gasteiger partial charge in [-0.05, 0) is 43.2 Å². The van der Waals surface area contributed by atoms with Gasteiger partial charge in [-0.2, -0.15) is 5.10 Å². The van der Waals surface area contributed by atoms with E-state index in [9.17, 15) is 4.79 Å². The van der Waals surface area contributed by atoms with Crippen molar-refractivity contribution < 1.29 is 9.53 Å². The fourth-order valence-corrected chi connectivity index (χ4v) is 3.17. The summed E-state index contributed by atoms with van der Waals surface area (Å²) in [6, 6.07) is 9.83. The van der Waals surface area contributed by atoms with Crippen molar-refractivity contribution in [2.45, 2.75) is 38.1 Å². The minimum atomic E-state index is 0.0177. The van der Waals surface area contributed by atoms with Crippen molar-refractivity contribution in [3.05, 3.63) is 36.0 Å². The largest absolute Gasteiger partial charge is 0.497 e. The van der Waals surface area contributed by atoms with E-state index < -0.39 is 0 Å². The number of H-pyrrole nitrogens is 1. The topological polar surface area (TPSA) is 58.2 Å². The number of rotatable bonds is 4. The Morgan fingerprint density at radius 2 is 1.91 bits per heavy atom. The van der Waals surface area contributed by atoms with Gasteiger partial charge in [0.15, 0.2) is 0 Å². The number of ether oxygens (including phenoxy) is 1. The van der Waals surface area contributed by atoms with Crippen LogP contribution in [0, 0.1) is 0 Å². The van der Waals surface area contributed by atoms with Gasteiger partial charge in [0.25, 0.3) is 5.91 Å². The molecule has 1 fully saturated rings. The van der Waals surface area contributed by atoms with Gasteiger partial charge in [-0.3, -0.25) is 9.89 Å². The second-order valence-corrected chi connectivity index (χ2v) is 6.10. The zero-order chi connectivity index (χ0) is 16.2. The number of nitrogens with zero attached hydrogens (tertiary/aromatic N) is 2. The molecule has 1 aliphatic rings. The standard InChI is InChI=1S/C18H23N3O2/c1-21(14-6-4-3-5-7-14)18(22)17-12-16(19-20-17)13-8-10-15(23-2)11-9-13/h8-12,14H,3-7H2,1-2H3,(H,19,20). The molecule has 5 heteroatoms. The Kier molecular flexibility index (Phi) is 4.65. The van der Waals surface area contributed by atoms with Gasteiger partial charge < -0.3 is 9.64 Å². The molecule has 1 aromatic heterocycles. The summed E-state index contributed by atoms with van der Waals surface area (Å²) in [5, 5.41) is 7.16. The molecular weight excluding hydrogens is 290 g/mol. The average Bonchev–Trinajstić information content (AvgIpc) is 3.11. The van der Waals surface area contributed by atoms with Gasteiger partial charge in [0, 0.05) is 18.7 Å². The number of aromatic nitrogens is 2. The van der Waals surface area contributed by atoms with Crippen LogP contribution < -0.4 is 4.74 Å². The molecule has 0 saturated heterocycles. The van der Waals surface area contributed by atoms with Gasteiger partial charge in [-0.1, -0.05) is 19.3 Å². The van der Waals surface area contributed by atoms with Crippen molar-refractivity contribution in [3.8, 4) is 17.0 Å². The fraction of sp³-hybridized carbons (Fsp3) is 0.444. The molecule has 23 heavy (non-hydrogen) atoms. The molecule has 1 aliphatic carbocycles. The lowest BCUT2D eigenvalue weighted by Crippen LogP contribution is -2.38. The van der Waals surface area contributed by atoms with Gasteiger partial charge in [0.2, 0.25) is 0 Å². The highest BCUT2D eigenvalue weighted by Gasteiger charge is 2.24. The van der Waals surface area contributed by atoms with Crippen LogP contribution >= 0.6 is 0 Å². The van der Waals surface area contributed by atoms with Crippen LogP contribution in [0.2, 0.25) is 0 Å². The van der Waals surface area contributed by atoms with Crippen molar-refractivity contribution in [2.75, 3.05) is 14.2 Å². The van der Waals surface area contributed by atoms with E-state index >= 15 is 0 Å². The first-order chi connectivity index (χ1) is 11.2. The molecule has 1 amide bonds. The second kappa shape index (κ2) is 6.86. The Labute approximate surface area is 136 Å². The molecule has 5 nitrogen and oxygen atoms in total. The number of hydrogen-bond donors (Lipinski definition) is 1. The molecule has 1 aromatic carbocycles. The maximum absolute atomic E-state index is 12.6. The first-order valence-corrected chi connectivity index (χ1v) is 8.16. The van der Waals surface area contributed by atoms with E-state index in [1.807, 2.05) is 42.3 Å². The number of hydrogen-bond acceptors (Lipinski definition) is 3. The number of carbonyl (C=O) groups excluding carboxylic acids is 1. The van der Waals surface area contributed by atoms with Crippen LogP contribution in [0.4, 0.5) is 0 Å². The quantitative estimate of drug-likeness (QED) is 0.940. The van der Waals surface area contributed by atoms with E-state index in [0.29, 0.717) is 11.7 Å². The summed E-state index contributed by atoms with van der Waals surface area (Å²) in [4.78, 5) is 14.5. The molecule has 1 heterocycles. The van der Waals surface area contributed by atoms with Gasteiger partial charge in [0.05, 0.1) is 12.8 Å². The smallest absolute Gasteiger partial charge is 0.271 e. The summed E-state index contributed by atoms with van der Waals surface area (Å²) < 4.78 is 5.16. The Balaban J connectivity index is 1.73. The number of amides is 1. The zero-order valence-electron chi connectivity index (χ0n) is 13.7. The van der Waals surface area contributed by atoms with Crippen molar-refractivity contribution in [1.82, 2.24) is 15.1 Å². The molecule has 0 aliphatic heterocycles. The molecule has 122 valence electrons. The highest BCUT2D eigenvalue weighted by Crippen LogP contribution is 2.24. The van der Waals surface area contributed by atoms with Gasteiger partial charge in [-0.15, -0.1) is 0 Å². The molecule has 1 saturated carbocycles. The minimum Gasteiger partial charge on any atom is -0.497 e. The first-order valence-electron chi connectivity index (χ1n) is 8.16. The van der Waals surface area contributed by atoms with Crippen LogP contribution in [0.15, 0.2) is 30.3 Å². The van der Waals surface area contributed by atoms with Crippen LogP contribution in [0.3, 0.4) is 0 Å². The minimum absolute atomic E-state index is 0.0177. The molecule has 0 unspecified atom stereocenters. The maximum atomic E-state index is 12.6. The molecule has 0 spiro atoms. The maximum Gasteiger partial charge on any atom is 0.271 e. The number of aromatic amines is 1. The Morgan fingerprint density at radius 1 is 1.22 bits per heavy atom. The van der Waals surface area contributed by atoms with Gasteiger partial charge in [-0.25, -0.2) is 0 Å². The summed E-state index contributed by atoms with van der Waals surface area (Å²) >= 11 is 0. The zero-order valence-corrected chi connectivity index (χ0v) is 13.7. The number of nitrogens with one attached hydrogen (secondary N) is 1. The summed E-state index contributed by atoms with van der Waals surface area (Å²) in [6.45, 7) is 0. The Bertz CT molecular complexity index is 657. The Hall–Kier alpha value is -2.30. The van der Waals surface area contributed by atoms with E-state index in [1.54, 1.807) is 7.11 Å². The van der Waals surface area contributed by atoms with Crippen molar-refractivity contribution in [1.29, 1.82) is 0 Å². The summed E-state index contributed by atoms with van der Waals surface area (Å²) in [5.41, 5.74) is 2.28. The number of benzene rings is 1. The highest BCUT2D eigenvalue weighted by atomic mass is 16.5. The van der Waals surface area contributed by atoms with E-state index in [2.05, 4.69) is 10.2 Å². The predicted octanol–water partition coefficient (Wildman–Crippen LogP) is 3.49. The van der Waals surface area contributed by atoms with Crippen molar-refractivity contribution in [2.24, 2.45) is 0 Å². The SMILES string of the molecule is COc1ccc(-c2cc(C(=O)N(C)C3CCCCC3)[nH]n2)cc1. The monoisotopic (exact) mass is 313 g/mol. The molecule has 0 radical (unpaired) electrons. The van der Waals surface area contributed by atoms with Crippen LogP contribution in [-0.4, -0.2) is 41.2 Å². The molecule has 1 N–H and O–H groups in total. The molecular formula is C18H23N3O2. The van der Waals surface area contributed by atoms with Crippen LogP contribution in [-0.2, 0) is 0 Å².